The molecule has 1 heterocycles. The van der Waals surface area contributed by atoms with E-state index < -0.39 is 0 Å². The van der Waals surface area contributed by atoms with Gasteiger partial charge in [0.05, 0.1) is 6.04 Å². The van der Waals surface area contributed by atoms with Gasteiger partial charge in [0.1, 0.15) is 5.82 Å². The number of amides is 1. The topological polar surface area (TPSA) is 32.3 Å². The minimum absolute atomic E-state index is 0.0413. The molecule has 1 fully saturated rings. The van der Waals surface area contributed by atoms with Crippen LogP contribution >= 0.6 is 0 Å². The third-order valence-electron chi connectivity index (χ3n) is 3.07. The number of carbonyl (C=O) groups is 1. The van der Waals surface area contributed by atoms with Gasteiger partial charge in [-0.05, 0) is 37.1 Å². The molecule has 1 aromatic rings. The second kappa shape index (κ2) is 5.27. The first-order valence-electron chi connectivity index (χ1n) is 5.89. The molecule has 4 heteroatoms. The van der Waals surface area contributed by atoms with Crippen molar-refractivity contribution in [1.82, 2.24) is 10.2 Å². The van der Waals surface area contributed by atoms with Crippen LogP contribution in [0.15, 0.2) is 24.3 Å². The zero-order chi connectivity index (χ0) is 12.3. The van der Waals surface area contributed by atoms with Crippen LogP contribution in [0.4, 0.5) is 4.39 Å². The molecule has 1 atom stereocenters. The highest BCUT2D eigenvalue weighted by atomic mass is 19.1. The van der Waals surface area contributed by atoms with Crippen LogP contribution in [0.2, 0.25) is 0 Å². The van der Waals surface area contributed by atoms with Crippen LogP contribution in [0.1, 0.15) is 18.4 Å². The van der Waals surface area contributed by atoms with Gasteiger partial charge in [0, 0.05) is 13.6 Å². The summed E-state index contributed by atoms with van der Waals surface area (Å²) in [6.07, 6.45) is 1.97. The summed E-state index contributed by atoms with van der Waals surface area (Å²) in [6.45, 7) is 1.44. The maximum atomic E-state index is 12.7. The van der Waals surface area contributed by atoms with Crippen molar-refractivity contribution in [1.29, 1.82) is 0 Å². The molecule has 1 aliphatic heterocycles. The average molecular weight is 236 g/mol. The molecule has 92 valence electrons. The van der Waals surface area contributed by atoms with Crippen LogP contribution in [0.5, 0.6) is 0 Å². The van der Waals surface area contributed by atoms with Crippen LogP contribution in [-0.4, -0.2) is 30.4 Å². The predicted octanol–water partition coefficient (Wildman–Crippen LogP) is 1.54. The number of rotatable bonds is 3. The highest BCUT2D eigenvalue weighted by Crippen LogP contribution is 2.11. The van der Waals surface area contributed by atoms with Gasteiger partial charge in [-0.2, -0.15) is 0 Å². The first-order chi connectivity index (χ1) is 8.16. The second-order valence-electron chi connectivity index (χ2n) is 4.47. The molecule has 0 aromatic heterocycles. The standard InChI is InChI=1S/C13H17FN2O/c1-16(13(17)12-3-2-8-15-12)9-10-4-6-11(14)7-5-10/h4-7,12,15H,2-3,8-9H2,1H3/t12-/m0/s1. The number of nitrogens with zero attached hydrogens (tertiary/aromatic N) is 1. The van der Waals surface area contributed by atoms with E-state index in [0.29, 0.717) is 6.54 Å². The van der Waals surface area contributed by atoms with Gasteiger partial charge in [-0.15, -0.1) is 0 Å². The molecule has 0 radical (unpaired) electrons. The lowest BCUT2D eigenvalue weighted by atomic mass is 10.1. The zero-order valence-electron chi connectivity index (χ0n) is 9.95. The normalized spacial score (nSPS) is 19.3. The highest BCUT2D eigenvalue weighted by molar-refractivity contribution is 5.81. The van der Waals surface area contributed by atoms with Crippen molar-refractivity contribution in [3.8, 4) is 0 Å². The molecule has 3 nitrogen and oxygen atoms in total. The lowest BCUT2D eigenvalue weighted by Crippen LogP contribution is -2.41. The molecule has 1 amide bonds. The van der Waals surface area contributed by atoms with E-state index in [0.717, 1.165) is 24.9 Å². The van der Waals surface area contributed by atoms with Gasteiger partial charge >= 0.3 is 0 Å². The van der Waals surface area contributed by atoms with Crippen molar-refractivity contribution < 1.29 is 9.18 Å². The van der Waals surface area contributed by atoms with Gasteiger partial charge in [0.15, 0.2) is 0 Å². The number of benzene rings is 1. The Hall–Kier alpha value is -1.42. The molecule has 1 aliphatic rings. The fourth-order valence-corrected chi connectivity index (χ4v) is 2.10. The van der Waals surface area contributed by atoms with E-state index in [1.165, 1.54) is 12.1 Å². The largest absolute Gasteiger partial charge is 0.340 e. The van der Waals surface area contributed by atoms with Crippen molar-refractivity contribution in [2.24, 2.45) is 0 Å². The Morgan fingerprint density at radius 1 is 1.47 bits per heavy atom. The van der Waals surface area contributed by atoms with Crippen molar-refractivity contribution >= 4 is 5.91 Å². The van der Waals surface area contributed by atoms with Gasteiger partial charge in [-0.3, -0.25) is 4.79 Å². The Kier molecular flexibility index (Phi) is 3.74. The second-order valence-corrected chi connectivity index (χ2v) is 4.47. The summed E-state index contributed by atoms with van der Waals surface area (Å²) in [5, 5.41) is 3.18. The maximum Gasteiger partial charge on any atom is 0.239 e. The van der Waals surface area contributed by atoms with Gasteiger partial charge in [-0.25, -0.2) is 4.39 Å². The number of likely N-dealkylation sites (N-methyl/N-ethyl adjacent to an activating group) is 1. The summed E-state index contributed by atoms with van der Waals surface area (Å²) in [6, 6.07) is 6.21. The van der Waals surface area contributed by atoms with Crippen molar-refractivity contribution in [3.05, 3.63) is 35.6 Å². The zero-order valence-corrected chi connectivity index (χ0v) is 9.95. The van der Waals surface area contributed by atoms with Crippen LogP contribution in [-0.2, 0) is 11.3 Å². The summed E-state index contributed by atoms with van der Waals surface area (Å²) in [5.41, 5.74) is 0.945. The average Bonchev–Trinajstić information content (AvgIpc) is 2.84. The Balaban J connectivity index is 1.93. The predicted molar refractivity (Wildman–Crippen MR) is 63.9 cm³/mol. The van der Waals surface area contributed by atoms with E-state index in [2.05, 4.69) is 5.32 Å². The van der Waals surface area contributed by atoms with Crippen molar-refractivity contribution in [2.45, 2.75) is 25.4 Å². The maximum absolute atomic E-state index is 12.7. The fourth-order valence-electron chi connectivity index (χ4n) is 2.10. The first kappa shape index (κ1) is 12.0. The molecule has 1 saturated heterocycles. The third kappa shape index (κ3) is 3.03. The molecule has 1 N–H and O–H groups in total. The van der Waals surface area contributed by atoms with Gasteiger partial charge < -0.3 is 10.2 Å². The molecule has 0 aliphatic carbocycles. The van der Waals surface area contributed by atoms with Gasteiger partial charge in [0.25, 0.3) is 0 Å². The van der Waals surface area contributed by atoms with Crippen molar-refractivity contribution in [2.75, 3.05) is 13.6 Å². The molecular weight excluding hydrogens is 219 g/mol. The Bertz CT molecular complexity index is 385. The molecule has 0 saturated carbocycles. The van der Waals surface area contributed by atoms with E-state index in [1.807, 2.05) is 0 Å². The van der Waals surface area contributed by atoms with Crippen LogP contribution < -0.4 is 5.32 Å². The fraction of sp³-hybridized carbons (Fsp3) is 0.462. The summed E-state index contributed by atoms with van der Waals surface area (Å²) in [4.78, 5) is 13.7. The third-order valence-corrected chi connectivity index (χ3v) is 3.07. The van der Waals surface area contributed by atoms with Crippen LogP contribution in [0.25, 0.3) is 0 Å². The minimum Gasteiger partial charge on any atom is -0.340 e. The molecule has 0 spiro atoms. The summed E-state index contributed by atoms with van der Waals surface area (Å²) in [7, 11) is 1.78. The minimum atomic E-state index is -0.250. The van der Waals surface area contributed by atoms with E-state index in [4.69, 9.17) is 0 Å². The summed E-state index contributed by atoms with van der Waals surface area (Å²) < 4.78 is 12.7. The molecule has 0 bridgehead atoms. The quantitative estimate of drug-likeness (QED) is 0.863. The van der Waals surface area contributed by atoms with Crippen LogP contribution in [0, 0.1) is 5.82 Å². The van der Waals surface area contributed by atoms with Gasteiger partial charge in [-0.1, -0.05) is 12.1 Å². The van der Waals surface area contributed by atoms with E-state index >= 15 is 0 Å². The van der Waals surface area contributed by atoms with Gasteiger partial charge in [0.2, 0.25) is 5.91 Å². The Morgan fingerprint density at radius 2 is 2.18 bits per heavy atom. The molecule has 0 unspecified atom stereocenters. The van der Waals surface area contributed by atoms with E-state index in [-0.39, 0.29) is 17.8 Å². The first-order valence-corrected chi connectivity index (χ1v) is 5.89. The Morgan fingerprint density at radius 3 is 2.76 bits per heavy atom. The van der Waals surface area contributed by atoms with Crippen LogP contribution in [0.3, 0.4) is 0 Å². The lowest BCUT2D eigenvalue weighted by Gasteiger charge is -2.21. The molecular formula is C13H17FN2O. The number of halogens is 1. The number of nitrogens with one attached hydrogen (secondary N) is 1. The summed E-state index contributed by atoms with van der Waals surface area (Å²) in [5.74, 6) is -0.132. The number of hydrogen-bond donors (Lipinski definition) is 1. The Labute approximate surface area is 101 Å². The molecule has 2 rings (SSSR count). The van der Waals surface area contributed by atoms with E-state index in [1.54, 1.807) is 24.1 Å². The molecule has 17 heavy (non-hydrogen) atoms. The van der Waals surface area contributed by atoms with Crippen molar-refractivity contribution in [3.63, 3.8) is 0 Å². The van der Waals surface area contributed by atoms with E-state index in [9.17, 15) is 9.18 Å². The smallest absolute Gasteiger partial charge is 0.239 e. The monoisotopic (exact) mass is 236 g/mol. The molecule has 1 aromatic carbocycles. The summed E-state index contributed by atoms with van der Waals surface area (Å²) >= 11 is 0. The number of hydrogen-bond acceptors (Lipinski definition) is 2. The number of carbonyl (C=O) groups excluding carboxylic acids is 1. The lowest BCUT2D eigenvalue weighted by molar-refractivity contribution is -0.132. The highest BCUT2D eigenvalue weighted by Gasteiger charge is 2.24. The SMILES string of the molecule is CN(Cc1ccc(F)cc1)C(=O)[C@@H]1CCCN1.